The number of aliphatic imine (C=N–C) groups is 1. The molecule has 1 heterocycles. The molecule has 1 amide bonds. The lowest BCUT2D eigenvalue weighted by molar-refractivity contribution is -0.145. The molecule has 0 N–H and O–H groups in total. The summed E-state index contributed by atoms with van der Waals surface area (Å²) in [4.78, 5) is 32.7. The molecule has 190 valence electrons. The van der Waals surface area contributed by atoms with Crippen LogP contribution in [0.25, 0.3) is 6.08 Å². The molecule has 2 aromatic carbocycles. The molecular formula is C28H32N2O5S. The average molecular weight is 509 g/mol. The summed E-state index contributed by atoms with van der Waals surface area (Å²) in [5.41, 5.74) is 1.62. The van der Waals surface area contributed by atoms with Gasteiger partial charge in [0.1, 0.15) is 0 Å². The largest absolute Gasteiger partial charge is 0.493 e. The van der Waals surface area contributed by atoms with Crippen LogP contribution >= 0.6 is 11.8 Å². The van der Waals surface area contributed by atoms with E-state index in [0.717, 1.165) is 35.7 Å². The van der Waals surface area contributed by atoms with E-state index in [4.69, 9.17) is 19.2 Å². The molecule has 7 nitrogen and oxygen atoms in total. The van der Waals surface area contributed by atoms with Crippen molar-refractivity contribution < 1.29 is 23.8 Å². The Labute approximate surface area is 216 Å². The zero-order valence-electron chi connectivity index (χ0n) is 20.9. The van der Waals surface area contributed by atoms with Crippen LogP contribution < -0.4 is 9.47 Å². The van der Waals surface area contributed by atoms with Gasteiger partial charge >= 0.3 is 5.97 Å². The zero-order valence-corrected chi connectivity index (χ0v) is 21.8. The van der Waals surface area contributed by atoms with Gasteiger partial charge in [0.15, 0.2) is 23.3 Å². The van der Waals surface area contributed by atoms with E-state index in [-0.39, 0.29) is 18.6 Å². The molecule has 0 unspecified atom stereocenters. The predicted octanol–water partition coefficient (Wildman–Crippen LogP) is 5.82. The normalized spacial score (nSPS) is 22.2. The molecule has 1 aliphatic heterocycles. The molecule has 0 aromatic heterocycles. The number of amides is 1. The van der Waals surface area contributed by atoms with Crippen LogP contribution in [0.15, 0.2) is 58.4 Å². The second kappa shape index (κ2) is 12.1. The van der Waals surface area contributed by atoms with Crippen molar-refractivity contribution in [1.82, 2.24) is 4.90 Å². The number of amidine groups is 1. The highest BCUT2D eigenvalue weighted by atomic mass is 32.2. The maximum absolute atomic E-state index is 13.7. The molecule has 2 atom stereocenters. The van der Waals surface area contributed by atoms with Crippen molar-refractivity contribution in [3.63, 3.8) is 0 Å². The van der Waals surface area contributed by atoms with Crippen molar-refractivity contribution in [2.75, 3.05) is 20.3 Å². The first-order chi connectivity index (χ1) is 17.5. The number of carbonyl (C=O) groups excluding carboxylic acids is 2. The van der Waals surface area contributed by atoms with Crippen LogP contribution in [0.1, 0.15) is 45.1 Å². The van der Waals surface area contributed by atoms with E-state index in [1.54, 1.807) is 19.1 Å². The van der Waals surface area contributed by atoms with Crippen molar-refractivity contribution in [2.24, 2.45) is 10.9 Å². The van der Waals surface area contributed by atoms with Gasteiger partial charge in [0.05, 0.1) is 24.3 Å². The van der Waals surface area contributed by atoms with Crippen LogP contribution in [0, 0.1) is 5.92 Å². The molecule has 0 bridgehead atoms. The Morgan fingerprint density at radius 3 is 2.64 bits per heavy atom. The molecule has 0 radical (unpaired) electrons. The van der Waals surface area contributed by atoms with E-state index in [0.29, 0.717) is 28.9 Å². The number of benzene rings is 2. The van der Waals surface area contributed by atoms with Gasteiger partial charge in [-0.1, -0.05) is 44.0 Å². The lowest BCUT2D eigenvalue weighted by Crippen LogP contribution is -2.44. The Kier molecular flexibility index (Phi) is 8.70. The first-order valence-corrected chi connectivity index (χ1v) is 13.1. The molecule has 1 saturated carbocycles. The van der Waals surface area contributed by atoms with Crippen LogP contribution in [-0.2, 0) is 14.3 Å². The molecule has 36 heavy (non-hydrogen) atoms. The summed E-state index contributed by atoms with van der Waals surface area (Å²) in [5.74, 6) is 0.859. The van der Waals surface area contributed by atoms with Gasteiger partial charge in [0.25, 0.3) is 5.91 Å². The molecule has 8 heteroatoms. The van der Waals surface area contributed by atoms with Gasteiger partial charge in [-0.3, -0.25) is 9.69 Å². The fraction of sp³-hybridized carbons (Fsp3) is 0.393. The van der Waals surface area contributed by atoms with Gasteiger partial charge in [-0.25, -0.2) is 9.79 Å². The summed E-state index contributed by atoms with van der Waals surface area (Å²) in [6.07, 6.45) is 6.27. The van der Waals surface area contributed by atoms with E-state index < -0.39 is 5.97 Å². The average Bonchev–Trinajstić information content (AvgIpc) is 3.18. The predicted molar refractivity (Wildman–Crippen MR) is 142 cm³/mol. The zero-order chi connectivity index (χ0) is 25.5. The third-order valence-electron chi connectivity index (χ3n) is 6.35. The summed E-state index contributed by atoms with van der Waals surface area (Å²) in [7, 11) is 1.54. The molecule has 0 spiro atoms. The number of ether oxygens (including phenoxy) is 3. The monoisotopic (exact) mass is 508 g/mol. The minimum Gasteiger partial charge on any atom is -0.493 e. The lowest BCUT2D eigenvalue weighted by atomic mass is 9.85. The molecule has 4 rings (SSSR count). The maximum atomic E-state index is 13.7. The van der Waals surface area contributed by atoms with E-state index >= 15 is 0 Å². The Morgan fingerprint density at radius 2 is 1.92 bits per heavy atom. The highest BCUT2D eigenvalue weighted by molar-refractivity contribution is 8.18. The Morgan fingerprint density at radius 1 is 1.14 bits per heavy atom. The summed E-state index contributed by atoms with van der Waals surface area (Å²) in [6, 6.07) is 15.2. The number of rotatable bonds is 8. The minimum absolute atomic E-state index is 0.0185. The van der Waals surface area contributed by atoms with Crippen molar-refractivity contribution in [3.05, 3.63) is 59.0 Å². The lowest BCUT2D eigenvalue weighted by Gasteiger charge is -2.35. The number of methoxy groups -OCH3 is 1. The van der Waals surface area contributed by atoms with Crippen molar-refractivity contribution in [1.29, 1.82) is 0 Å². The van der Waals surface area contributed by atoms with Gasteiger partial charge in [-0.05, 0) is 73.4 Å². The first kappa shape index (κ1) is 25.8. The topological polar surface area (TPSA) is 77.4 Å². The van der Waals surface area contributed by atoms with Gasteiger partial charge in [-0.15, -0.1) is 0 Å². The number of esters is 1. The molecule has 1 aliphatic carbocycles. The quantitative estimate of drug-likeness (QED) is 0.330. The summed E-state index contributed by atoms with van der Waals surface area (Å²) < 4.78 is 15.9. The van der Waals surface area contributed by atoms with Crippen LogP contribution in [-0.4, -0.2) is 48.3 Å². The van der Waals surface area contributed by atoms with E-state index in [2.05, 4.69) is 6.92 Å². The fourth-order valence-electron chi connectivity index (χ4n) is 4.53. The second-order valence-electron chi connectivity index (χ2n) is 8.85. The summed E-state index contributed by atoms with van der Waals surface area (Å²) >= 11 is 1.40. The van der Waals surface area contributed by atoms with Gasteiger partial charge < -0.3 is 14.2 Å². The fourth-order valence-corrected chi connectivity index (χ4v) is 5.58. The smallest absolute Gasteiger partial charge is 0.344 e. The number of carbonyl (C=O) groups is 2. The number of hydrogen-bond acceptors (Lipinski definition) is 7. The van der Waals surface area contributed by atoms with Crippen LogP contribution in [0.2, 0.25) is 0 Å². The highest BCUT2D eigenvalue weighted by Gasteiger charge is 2.41. The molecule has 2 aliphatic rings. The van der Waals surface area contributed by atoms with Crippen LogP contribution in [0.5, 0.6) is 11.5 Å². The minimum atomic E-state index is -0.444. The van der Waals surface area contributed by atoms with Crippen molar-refractivity contribution >= 4 is 40.6 Å². The molecule has 2 aromatic rings. The third kappa shape index (κ3) is 6.10. The number of nitrogens with zero attached hydrogens (tertiary/aromatic N) is 2. The van der Waals surface area contributed by atoms with Gasteiger partial charge in [-0.2, -0.15) is 0 Å². The molecular weight excluding hydrogens is 476 g/mol. The van der Waals surface area contributed by atoms with Crippen LogP contribution in [0.3, 0.4) is 0 Å². The maximum Gasteiger partial charge on any atom is 0.344 e. The number of para-hydroxylation sites is 1. The molecule has 2 fully saturated rings. The van der Waals surface area contributed by atoms with Crippen molar-refractivity contribution in [3.8, 4) is 11.5 Å². The number of thioether (sulfide) groups is 1. The Hall–Kier alpha value is -3.26. The summed E-state index contributed by atoms with van der Waals surface area (Å²) in [5, 5.41) is 0.720. The molecule has 1 saturated heterocycles. The van der Waals surface area contributed by atoms with Crippen LogP contribution in [0.4, 0.5) is 5.69 Å². The Balaban J connectivity index is 1.61. The summed E-state index contributed by atoms with van der Waals surface area (Å²) in [6.45, 7) is 4.06. The van der Waals surface area contributed by atoms with Gasteiger partial charge in [0.2, 0.25) is 0 Å². The van der Waals surface area contributed by atoms with E-state index in [1.807, 2.05) is 47.4 Å². The highest BCUT2D eigenvalue weighted by Crippen LogP contribution is 2.40. The first-order valence-electron chi connectivity index (χ1n) is 12.3. The number of hydrogen-bond donors (Lipinski definition) is 0. The van der Waals surface area contributed by atoms with Crippen molar-refractivity contribution in [2.45, 2.75) is 45.6 Å². The SMILES string of the molecule is CCOC(=O)COc1ccc(/C=C2\SC(=Nc3ccccc3)N([C@@H]3CCCC[C@H]3C)C2=O)cc1OC. The van der Waals surface area contributed by atoms with E-state index in [1.165, 1.54) is 25.3 Å². The Bertz CT molecular complexity index is 1150. The third-order valence-corrected chi connectivity index (χ3v) is 7.33. The standard InChI is InChI=1S/C28H32N2O5S/c1-4-34-26(31)18-35-23-15-14-20(16-24(23)33-3)17-25-27(32)30(22-13-9-8-10-19(22)2)28(36-25)29-21-11-6-5-7-12-21/h5-7,11-12,14-17,19,22H,4,8-10,13,18H2,1-3H3/b25-17-,29-28?/t19-,22-/m1/s1. The van der Waals surface area contributed by atoms with E-state index in [9.17, 15) is 9.59 Å². The second-order valence-corrected chi connectivity index (χ2v) is 9.86. The van der Waals surface area contributed by atoms with Gasteiger partial charge in [0, 0.05) is 6.04 Å².